The molecule has 2 rings (SSSR count). The number of aliphatic hydroxyl groups is 1. The largest absolute Gasteiger partial charge is 0.418 e. The minimum absolute atomic E-state index is 0.000953. The van der Waals surface area contributed by atoms with Crippen molar-refractivity contribution in [2.45, 2.75) is 32.0 Å². The summed E-state index contributed by atoms with van der Waals surface area (Å²) in [7, 11) is 0. The number of hydrogen-bond donors (Lipinski definition) is 1. The molecule has 1 unspecified atom stereocenters. The molecule has 0 fully saturated rings. The van der Waals surface area contributed by atoms with Crippen LogP contribution < -0.4 is 4.90 Å². The number of fused-ring (bicyclic) bond motifs is 1. The van der Waals surface area contributed by atoms with E-state index in [1.54, 1.807) is 12.1 Å². The number of hydrogen-bond acceptors (Lipinski definition) is 3. The average Bonchev–Trinajstić information content (AvgIpc) is 2.69. The molecule has 20 heavy (non-hydrogen) atoms. The van der Waals surface area contributed by atoms with Gasteiger partial charge in [0.2, 0.25) is 0 Å². The Morgan fingerprint density at radius 3 is 2.70 bits per heavy atom. The van der Waals surface area contributed by atoms with E-state index in [-0.39, 0.29) is 30.2 Å². The van der Waals surface area contributed by atoms with Gasteiger partial charge in [0.1, 0.15) is 0 Å². The molecule has 1 atom stereocenters. The topological polar surface area (TPSA) is 47.3 Å². The first-order valence-corrected chi connectivity index (χ1v) is 6.40. The van der Waals surface area contributed by atoms with Crippen LogP contribution in [0.1, 0.15) is 30.0 Å². The predicted octanol–water partition coefficient (Wildman–Crippen LogP) is 2.71. The van der Waals surface area contributed by atoms with Gasteiger partial charge in [0, 0.05) is 24.9 Å². The lowest BCUT2D eigenvalue weighted by Gasteiger charge is -2.24. The number of halogens is 3. The van der Waals surface area contributed by atoms with Crippen LogP contribution in [0, 0.1) is 11.3 Å². The molecular formula is C14H15F3N2O. The zero-order valence-electron chi connectivity index (χ0n) is 11.0. The number of benzene rings is 1. The van der Waals surface area contributed by atoms with E-state index in [1.165, 1.54) is 6.07 Å². The molecule has 0 aromatic heterocycles. The minimum atomic E-state index is -4.52. The van der Waals surface area contributed by atoms with Crippen LogP contribution in [0.4, 0.5) is 18.9 Å². The van der Waals surface area contributed by atoms with Gasteiger partial charge in [-0.25, -0.2) is 0 Å². The van der Waals surface area contributed by atoms with E-state index < -0.39 is 11.7 Å². The Morgan fingerprint density at radius 2 is 2.15 bits per heavy atom. The third-order valence-corrected chi connectivity index (χ3v) is 3.59. The Kier molecular flexibility index (Phi) is 3.91. The van der Waals surface area contributed by atoms with Crippen molar-refractivity contribution >= 4 is 5.69 Å². The molecule has 0 amide bonds. The van der Waals surface area contributed by atoms with Gasteiger partial charge >= 0.3 is 6.18 Å². The van der Waals surface area contributed by atoms with E-state index >= 15 is 0 Å². The Morgan fingerprint density at radius 1 is 1.45 bits per heavy atom. The highest BCUT2D eigenvalue weighted by Crippen LogP contribution is 2.43. The van der Waals surface area contributed by atoms with Crippen molar-refractivity contribution in [3.63, 3.8) is 0 Å². The number of nitriles is 1. The molecule has 3 nitrogen and oxygen atoms in total. The van der Waals surface area contributed by atoms with Crippen molar-refractivity contribution in [2.75, 3.05) is 18.1 Å². The van der Waals surface area contributed by atoms with E-state index in [9.17, 15) is 13.2 Å². The van der Waals surface area contributed by atoms with Gasteiger partial charge in [-0.2, -0.15) is 18.4 Å². The summed E-state index contributed by atoms with van der Waals surface area (Å²) in [4.78, 5) is 1.86. The summed E-state index contributed by atoms with van der Waals surface area (Å²) in [6.45, 7) is 2.36. The highest BCUT2D eigenvalue weighted by molar-refractivity contribution is 5.66. The van der Waals surface area contributed by atoms with Gasteiger partial charge in [0.25, 0.3) is 0 Å². The Bertz CT molecular complexity index is 549. The van der Waals surface area contributed by atoms with Crippen LogP contribution in [-0.4, -0.2) is 24.3 Å². The number of nitrogens with zero attached hydrogens (tertiary/aromatic N) is 2. The lowest BCUT2D eigenvalue weighted by molar-refractivity contribution is -0.138. The zero-order valence-corrected chi connectivity index (χ0v) is 11.0. The quantitative estimate of drug-likeness (QED) is 0.928. The molecule has 1 N–H and O–H groups in total. The maximum Gasteiger partial charge on any atom is 0.418 e. The summed E-state index contributed by atoms with van der Waals surface area (Å²) in [5, 5.41) is 17.8. The lowest BCUT2D eigenvalue weighted by atomic mass is 9.98. The van der Waals surface area contributed by atoms with Gasteiger partial charge in [0.05, 0.1) is 17.2 Å². The van der Waals surface area contributed by atoms with Crippen molar-refractivity contribution in [2.24, 2.45) is 0 Å². The Labute approximate surface area is 115 Å². The molecule has 6 heteroatoms. The monoisotopic (exact) mass is 284 g/mol. The maximum atomic E-state index is 13.2. The van der Waals surface area contributed by atoms with Gasteiger partial charge in [-0.3, -0.25) is 0 Å². The molecular weight excluding hydrogens is 269 g/mol. The average molecular weight is 284 g/mol. The van der Waals surface area contributed by atoms with E-state index in [0.29, 0.717) is 18.7 Å². The van der Waals surface area contributed by atoms with Crippen LogP contribution in [0.2, 0.25) is 0 Å². The summed E-state index contributed by atoms with van der Waals surface area (Å²) in [6.07, 6.45) is -3.75. The van der Waals surface area contributed by atoms with E-state index in [1.807, 2.05) is 11.8 Å². The minimum Gasteiger partial charge on any atom is -0.396 e. The van der Waals surface area contributed by atoms with Crippen molar-refractivity contribution < 1.29 is 18.3 Å². The molecule has 1 aliphatic heterocycles. The molecule has 0 bridgehead atoms. The normalized spacial score (nSPS) is 18.0. The first-order valence-electron chi connectivity index (χ1n) is 6.40. The molecule has 0 saturated carbocycles. The van der Waals surface area contributed by atoms with Crippen molar-refractivity contribution in [1.29, 1.82) is 5.26 Å². The summed E-state index contributed by atoms with van der Waals surface area (Å²) < 4.78 is 39.6. The van der Waals surface area contributed by atoms with Crippen molar-refractivity contribution in [3.05, 3.63) is 28.8 Å². The standard InChI is InChI=1S/C14H15F3N2O/c1-9-7-11-12(19(9)5-2-6-20)4-3-10(8-18)13(11)14(15,16)17/h3-4,9,20H,2,5-7H2,1H3. The molecule has 0 saturated heterocycles. The highest BCUT2D eigenvalue weighted by atomic mass is 19.4. The fourth-order valence-corrected chi connectivity index (χ4v) is 2.75. The summed E-state index contributed by atoms with van der Waals surface area (Å²) in [5.41, 5.74) is -0.414. The van der Waals surface area contributed by atoms with Crippen LogP contribution in [0.25, 0.3) is 0 Å². The molecule has 1 heterocycles. The fraction of sp³-hybridized carbons (Fsp3) is 0.500. The van der Waals surface area contributed by atoms with Crippen LogP contribution >= 0.6 is 0 Å². The second-order valence-corrected chi connectivity index (χ2v) is 4.92. The first-order chi connectivity index (χ1) is 9.40. The lowest BCUT2D eigenvalue weighted by Crippen LogP contribution is -2.30. The van der Waals surface area contributed by atoms with Gasteiger partial charge < -0.3 is 10.0 Å². The predicted molar refractivity (Wildman–Crippen MR) is 68.4 cm³/mol. The van der Waals surface area contributed by atoms with Gasteiger partial charge in [-0.15, -0.1) is 0 Å². The van der Waals surface area contributed by atoms with Crippen LogP contribution in [0.15, 0.2) is 12.1 Å². The second-order valence-electron chi connectivity index (χ2n) is 4.92. The second kappa shape index (κ2) is 5.33. The molecule has 1 aromatic carbocycles. The number of rotatable bonds is 3. The third kappa shape index (κ3) is 2.46. The van der Waals surface area contributed by atoms with Crippen LogP contribution in [0.3, 0.4) is 0 Å². The Balaban J connectivity index is 2.52. The third-order valence-electron chi connectivity index (χ3n) is 3.59. The van der Waals surface area contributed by atoms with Gasteiger partial charge in [0.15, 0.2) is 0 Å². The highest BCUT2D eigenvalue weighted by Gasteiger charge is 2.41. The van der Waals surface area contributed by atoms with Crippen molar-refractivity contribution in [3.8, 4) is 6.07 Å². The first kappa shape index (κ1) is 14.7. The van der Waals surface area contributed by atoms with Crippen LogP contribution in [0.5, 0.6) is 0 Å². The SMILES string of the molecule is CC1Cc2c(ccc(C#N)c2C(F)(F)F)N1CCCO. The number of aliphatic hydroxyl groups excluding tert-OH is 1. The summed E-state index contributed by atoms with van der Waals surface area (Å²) in [5.74, 6) is 0. The van der Waals surface area contributed by atoms with Gasteiger partial charge in [-0.1, -0.05) is 0 Å². The molecule has 108 valence electrons. The summed E-state index contributed by atoms with van der Waals surface area (Å²) >= 11 is 0. The maximum absolute atomic E-state index is 13.2. The Hall–Kier alpha value is -1.74. The molecule has 0 radical (unpaired) electrons. The van der Waals surface area contributed by atoms with E-state index in [2.05, 4.69) is 0 Å². The number of alkyl halides is 3. The number of anilines is 1. The van der Waals surface area contributed by atoms with Crippen molar-refractivity contribution in [1.82, 2.24) is 0 Å². The zero-order chi connectivity index (χ0) is 14.9. The van der Waals surface area contributed by atoms with E-state index in [0.717, 1.165) is 0 Å². The molecule has 0 spiro atoms. The molecule has 1 aliphatic rings. The summed E-state index contributed by atoms with van der Waals surface area (Å²) in [6, 6.07) is 4.36. The smallest absolute Gasteiger partial charge is 0.396 e. The van der Waals surface area contributed by atoms with Gasteiger partial charge in [-0.05, 0) is 37.5 Å². The van der Waals surface area contributed by atoms with Crippen LogP contribution in [-0.2, 0) is 12.6 Å². The molecule has 0 aliphatic carbocycles. The fourth-order valence-electron chi connectivity index (χ4n) is 2.75. The molecule has 1 aromatic rings. The van der Waals surface area contributed by atoms with E-state index in [4.69, 9.17) is 10.4 Å².